The van der Waals surface area contributed by atoms with E-state index in [2.05, 4.69) is 53.7 Å². The first kappa shape index (κ1) is 13.5. The molecule has 0 amide bonds. The van der Waals surface area contributed by atoms with E-state index in [4.69, 9.17) is 0 Å². The minimum atomic E-state index is 0.0213. The summed E-state index contributed by atoms with van der Waals surface area (Å²) in [6.07, 6.45) is 0. The van der Waals surface area contributed by atoms with Gasteiger partial charge in [0.1, 0.15) is 0 Å². The minimum absolute atomic E-state index is 0.0213. The van der Waals surface area contributed by atoms with Gasteiger partial charge in [0.05, 0.1) is 5.69 Å². The van der Waals surface area contributed by atoms with Crippen molar-refractivity contribution in [2.75, 3.05) is 26.0 Å². The van der Waals surface area contributed by atoms with Crippen LogP contribution in [0, 0.1) is 0 Å². The Kier molecular flexibility index (Phi) is 3.80. The van der Waals surface area contributed by atoms with E-state index in [1.807, 2.05) is 30.3 Å². The van der Waals surface area contributed by atoms with Gasteiger partial charge in [0.2, 0.25) is 5.95 Å². The van der Waals surface area contributed by atoms with Crippen molar-refractivity contribution >= 4 is 5.95 Å². The van der Waals surface area contributed by atoms with Gasteiger partial charge in [-0.1, -0.05) is 23.3 Å². The van der Waals surface area contributed by atoms with Crippen molar-refractivity contribution < 1.29 is 0 Å². The molecule has 0 fully saturated rings. The highest BCUT2D eigenvalue weighted by atomic mass is 15.6. The largest absolute Gasteiger partial charge is 0.351 e. The molecule has 0 unspecified atom stereocenters. The lowest BCUT2D eigenvalue weighted by Crippen LogP contribution is -2.44. The summed E-state index contributed by atoms with van der Waals surface area (Å²) in [6, 6.07) is 9.84. The second kappa shape index (κ2) is 5.36. The zero-order valence-electron chi connectivity index (χ0n) is 11.8. The van der Waals surface area contributed by atoms with Crippen LogP contribution in [0.4, 0.5) is 5.95 Å². The summed E-state index contributed by atoms with van der Waals surface area (Å²) in [5.41, 5.74) is 0.964. The fourth-order valence-electron chi connectivity index (χ4n) is 1.49. The van der Waals surface area contributed by atoms with Gasteiger partial charge < -0.3 is 10.2 Å². The topological polar surface area (TPSA) is 58.9 Å². The Hall–Kier alpha value is -1.95. The third-order valence-corrected chi connectivity index (χ3v) is 3.36. The van der Waals surface area contributed by atoms with Gasteiger partial charge in [0.15, 0.2) is 0 Å². The molecule has 2 rings (SSSR count). The molecule has 2 aromatic rings. The molecule has 6 nitrogen and oxygen atoms in total. The average molecular weight is 260 g/mol. The molecule has 0 aliphatic rings. The van der Waals surface area contributed by atoms with Gasteiger partial charge in [-0.15, -0.1) is 0 Å². The number of para-hydroxylation sites is 1. The Morgan fingerprint density at radius 1 is 1.21 bits per heavy atom. The zero-order valence-corrected chi connectivity index (χ0v) is 11.8. The first-order chi connectivity index (χ1) is 9.00. The number of nitrogens with one attached hydrogen (secondary N) is 1. The first-order valence-corrected chi connectivity index (χ1v) is 6.26. The summed E-state index contributed by atoms with van der Waals surface area (Å²) in [5, 5.41) is 15.1. The number of hydrogen-bond acceptors (Lipinski definition) is 5. The maximum atomic E-state index is 4.03. The van der Waals surface area contributed by atoms with Crippen molar-refractivity contribution in [1.29, 1.82) is 0 Å². The summed E-state index contributed by atoms with van der Waals surface area (Å²) in [6.45, 7) is 5.08. The summed E-state index contributed by atoms with van der Waals surface area (Å²) in [4.78, 5) is 2.16. The van der Waals surface area contributed by atoms with Crippen molar-refractivity contribution in [1.82, 2.24) is 25.1 Å². The quantitative estimate of drug-likeness (QED) is 0.881. The molecule has 1 aromatic carbocycles. The first-order valence-electron chi connectivity index (χ1n) is 6.26. The summed E-state index contributed by atoms with van der Waals surface area (Å²) in [7, 11) is 4.11. The number of tetrazole rings is 1. The summed E-state index contributed by atoms with van der Waals surface area (Å²) < 4.78 is 1.70. The molecule has 0 spiro atoms. The number of rotatable bonds is 5. The van der Waals surface area contributed by atoms with E-state index in [0.29, 0.717) is 5.95 Å². The van der Waals surface area contributed by atoms with Gasteiger partial charge in [-0.05, 0) is 50.5 Å². The molecule has 0 aliphatic carbocycles. The van der Waals surface area contributed by atoms with Crippen LogP contribution in [0.1, 0.15) is 13.8 Å². The number of likely N-dealkylation sites (N-methyl/N-ethyl adjacent to an activating group) is 1. The van der Waals surface area contributed by atoms with Crippen LogP contribution in [-0.2, 0) is 0 Å². The highest BCUT2D eigenvalue weighted by Crippen LogP contribution is 2.14. The maximum absolute atomic E-state index is 4.03. The highest BCUT2D eigenvalue weighted by Gasteiger charge is 2.21. The van der Waals surface area contributed by atoms with Gasteiger partial charge in [-0.2, -0.15) is 4.68 Å². The Morgan fingerprint density at radius 3 is 2.53 bits per heavy atom. The summed E-state index contributed by atoms with van der Waals surface area (Å²) in [5.74, 6) is 0.654. The monoisotopic (exact) mass is 260 g/mol. The van der Waals surface area contributed by atoms with Crippen LogP contribution in [0.2, 0.25) is 0 Å². The van der Waals surface area contributed by atoms with Crippen LogP contribution in [0.15, 0.2) is 30.3 Å². The fourth-order valence-corrected chi connectivity index (χ4v) is 1.49. The van der Waals surface area contributed by atoms with E-state index in [9.17, 15) is 0 Å². The number of hydrogen-bond donors (Lipinski definition) is 1. The second-order valence-electron chi connectivity index (χ2n) is 5.31. The molecule has 19 heavy (non-hydrogen) atoms. The lowest BCUT2D eigenvalue weighted by Gasteiger charge is -2.32. The molecular weight excluding hydrogens is 240 g/mol. The van der Waals surface area contributed by atoms with Crippen molar-refractivity contribution in [3.05, 3.63) is 30.3 Å². The van der Waals surface area contributed by atoms with Gasteiger partial charge in [-0.25, -0.2) is 0 Å². The van der Waals surface area contributed by atoms with Crippen molar-refractivity contribution in [2.45, 2.75) is 19.4 Å². The molecule has 6 heteroatoms. The Balaban J connectivity index is 2.13. The van der Waals surface area contributed by atoms with Gasteiger partial charge in [0, 0.05) is 12.1 Å². The molecule has 0 bridgehead atoms. The molecule has 1 aromatic heterocycles. The lowest BCUT2D eigenvalue weighted by molar-refractivity contribution is 0.209. The van der Waals surface area contributed by atoms with Crippen molar-refractivity contribution in [3.63, 3.8) is 0 Å². The van der Waals surface area contributed by atoms with Crippen LogP contribution < -0.4 is 5.32 Å². The van der Waals surface area contributed by atoms with E-state index in [1.54, 1.807) is 4.68 Å². The summed E-state index contributed by atoms with van der Waals surface area (Å²) >= 11 is 0. The zero-order chi connectivity index (χ0) is 13.9. The van der Waals surface area contributed by atoms with E-state index in [1.165, 1.54) is 0 Å². The molecule has 1 heterocycles. The number of nitrogens with zero attached hydrogens (tertiary/aromatic N) is 5. The van der Waals surface area contributed by atoms with Gasteiger partial charge in [-0.3, -0.25) is 0 Å². The second-order valence-corrected chi connectivity index (χ2v) is 5.31. The molecule has 0 radical (unpaired) electrons. The van der Waals surface area contributed by atoms with E-state index in [0.717, 1.165) is 12.2 Å². The minimum Gasteiger partial charge on any atom is -0.351 e. The maximum Gasteiger partial charge on any atom is 0.247 e. The van der Waals surface area contributed by atoms with Crippen LogP contribution in [-0.4, -0.2) is 51.3 Å². The van der Waals surface area contributed by atoms with Crippen molar-refractivity contribution in [3.8, 4) is 5.69 Å². The van der Waals surface area contributed by atoms with Crippen LogP contribution in [0.5, 0.6) is 0 Å². The van der Waals surface area contributed by atoms with Gasteiger partial charge in [0.25, 0.3) is 0 Å². The number of anilines is 1. The predicted molar refractivity (Wildman–Crippen MR) is 75.4 cm³/mol. The predicted octanol–water partition coefficient (Wildman–Crippen LogP) is 1.41. The molecule has 102 valence electrons. The molecule has 0 saturated heterocycles. The number of aromatic nitrogens is 4. The van der Waals surface area contributed by atoms with Crippen molar-refractivity contribution in [2.24, 2.45) is 0 Å². The smallest absolute Gasteiger partial charge is 0.247 e. The Morgan fingerprint density at radius 2 is 1.89 bits per heavy atom. The third-order valence-electron chi connectivity index (χ3n) is 3.36. The lowest BCUT2D eigenvalue weighted by atomic mass is 10.1. The average Bonchev–Trinajstić information content (AvgIpc) is 2.85. The van der Waals surface area contributed by atoms with Gasteiger partial charge >= 0.3 is 0 Å². The highest BCUT2D eigenvalue weighted by molar-refractivity contribution is 5.38. The Labute approximate surface area is 113 Å². The van der Waals surface area contributed by atoms with Crippen LogP contribution in [0.25, 0.3) is 5.69 Å². The Bertz CT molecular complexity index is 517. The normalized spacial score (nSPS) is 11.8. The van der Waals surface area contributed by atoms with E-state index >= 15 is 0 Å². The number of benzene rings is 1. The van der Waals surface area contributed by atoms with E-state index < -0.39 is 0 Å². The molecule has 0 saturated carbocycles. The fraction of sp³-hybridized carbons (Fsp3) is 0.462. The SMILES string of the molecule is CN(C)C(C)(C)CNc1nnnn1-c1ccccc1. The molecule has 0 atom stereocenters. The van der Waals surface area contributed by atoms with Crippen LogP contribution in [0.3, 0.4) is 0 Å². The standard InChI is InChI=1S/C13H20N6/c1-13(2,18(3)4)10-14-12-15-16-17-19(12)11-8-6-5-7-9-11/h5-9H,10H2,1-4H3,(H,14,15,17). The molecular formula is C13H20N6. The molecule has 1 N–H and O–H groups in total. The third kappa shape index (κ3) is 3.08. The van der Waals surface area contributed by atoms with E-state index in [-0.39, 0.29) is 5.54 Å². The molecule has 0 aliphatic heterocycles. The van der Waals surface area contributed by atoms with Crippen LogP contribution >= 0.6 is 0 Å².